The minimum Gasteiger partial charge on any atom is -0.422 e. The molecule has 0 unspecified atom stereocenters. The van der Waals surface area contributed by atoms with E-state index >= 15 is 0 Å². The highest BCUT2D eigenvalue weighted by Gasteiger charge is 2.26. The predicted octanol–water partition coefficient (Wildman–Crippen LogP) is 1.84. The number of H-pyrrole nitrogens is 1. The van der Waals surface area contributed by atoms with Crippen LogP contribution in [0.15, 0.2) is 33.5 Å². The number of oxazole rings is 1. The molecule has 4 heterocycles. The second-order valence-electron chi connectivity index (χ2n) is 6.10. The lowest BCUT2D eigenvalue weighted by Gasteiger charge is -2.33. The van der Waals surface area contributed by atoms with Crippen molar-refractivity contribution in [1.29, 1.82) is 0 Å². The van der Waals surface area contributed by atoms with Crippen molar-refractivity contribution in [3.63, 3.8) is 0 Å². The van der Waals surface area contributed by atoms with Crippen LogP contribution in [-0.2, 0) is 0 Å². The molecule has 0 radical (unpaired) electrons. The third-order valence-electron chi connectivity index (χ3n) is 4.32. The molecule has 3 aromatic heterocycles. The number of carbonyl (C=O) groups is 1. The first kappa shape index (κ1) is 16.6. The minimum absolute atomic E-state index is 0.0605. The quantitative estimate of drug-likeness (QED) is 0.688. The highest BCUT2D eigenvalue weighted by molar-refractivity contribution is 6.32. The summed E-state index contributed by atoms with van der Waals surface area (Å²) in [5.74, 6) is -0.208. The molecule has 0 aliphatic carbocycles. The molecule has 0 saturated carbocycles. The van der Waals surface area contributed by atoms with Crippen molar-refractivity contribution in [2.24, 2.45) is 0 Å². The van der Waals surface area contributed by atoms with Gasteiger partial charge in [-0.3, -0.25) is 9.59 Å². The lowest BCUT2D eigenvalue weighted by Crippen LogP contribution is -2.49. The molecule has 26 heavy (non-hydrogen) atoms. The van der Waals surface area contributed by atoms with Crippen LogP contribution < -0.4 is 10.5 Å². The summed E-state index contributed by atoms with van der Waals surface area (Å²) in [5.41, 5.74) is 2.06. The second kappa shape index (κ2) is 6.45. The van der Waals surface area contributed by atoms with Gasteiger partial charge in [-0.05, 0) is 25.1 Å². The van der Waals surface area contributed by atoms with Gasteiger partial charge in [0.15, 0.2) is 5.58 Å². The second-order valence-corrected chi connectivity index (χ2v) is 6.48. The number of pyridine rings is 2. The van der Waals surface area contributed by atoms with Crippen LogP contribution in [0.1, 0.15) is 16.1 Å². The standard InChI is InChI=1S/C17H16ClN5O3/c1-10-2-4-12-15(19-10)21-17(26-12)23-8-6-22(7-9-23)16(25)11-3-5-13(24)20-14(11)18/h2-5H,6-9H2,1H3,(H,20,24). The average molecular weight is 374 g/mol. The summed E-state index contributed by atoms with van der Waals surface area (Å²) in [6, 6.07) is 6.98. The number of aromatic nitrogens is 3. The Morgan fingerprint density at radius 2 is 1.92 bits per heavy atom. The Morgan fingerprint density at radius 3 is 2.65 bits per heavy atom. The van der Waals surface area contributed by atoms with E-state index in [0.717, 1.165) is 5.69 Å². The Kier molecular flexibility index (Phi) is 4.12. The van der Waals surface area contributed by atoms with Crippen LogP contribution in [0.2, 0.25) is 5.15 Å². The predicted molar refractivity (Wildman–Crippen MR) is 96.7 cm³/mol. The molecular weight excluding hydrogens is 358 g/mol. The number of aryl methyl sites for hydroxylation is 1. The van der Waals surface area contributed by atoms with Gasteiger partial charge in [0, 0.05) is 37.9 Å². The summed E-state index contributed by atoms with van der Waals surface area (Å²) < 4.78 is 5.76. The summed E-state index contributed by atoms with van der Waals surface area (Å²) in [4.78, 5) is 38.7. The van der Waals surface area contributed by atoms with Gasteiger partial charge in [0.25, 0.3) is 11.9 Å². The number of nitrogens with zero attached hydrogens (tertiary/aromatic N) is 4. The van der Waals surface area contributed by atoms with Gasteiger partial charge in [0.2, 0.25) is 11.2 Å². The first-order valence-corrected chi connectivity index (χ1v) is 8.56. The number of hydrogen-bond donors (Lipinski definition) is 1. The average Bonchev–Trinajstić information content (AvgIpc) is 3.04. The van der Waals surface area contributed by atoms with E-state index < -0.39 is 0 Å². The molecule has 1 aliphatic heterocycles. The molecule has 0 bridgehead atoms. The van der Waals surface area contributed by atoms with Gasteiger partial charge in [0.05, 0.1) is 5.56 Å². The van der Waals surface area contributed by atoms with Crippen LogP contribution in [0, 0.1) is 6.92 Å². The lowest BCUT2D eigenvalue weighted by atomic mass is 10.2. The SMILES string of the molecule is Cc1ccc2oc(N3CCN(C(=O)c4ccc(=O)[nH]c4Cl)CC3)nc2n1. The van der Waals surface area contributed by atoms with Crippen LogP contribution >= 0.6 is 11.6 Å². The fourth-order valence-electron chi connectivity index (χ4n) is 2.92. The van der Waals surface area contributed by atoms with E-state index in [4.69, 9.17) is 16.0 Å². The summed E-state index contributed by atoms with van der Waals surface area (Å²) in [5, 5.41) is 0.0605. The summed E-state index contributed by atoms with van der Waals surface area (Å²) in [6.45, 7) is 4.07. The number of rotatable bonds is 2. The molecule has 1 N–H and O–H groups in total. The van der Waals surface area contributed by atoms with E-state index in [1.54, 1.807) is 4.90 Å². The number of aromatic amines is 1. The zero-order valence-electron chi connectivity index (χ0n) is 14.0. The van der Waals surface area contributed by atoms with Crippen LogP contribution in [0.4, 0.5) is 6.01 Å². The number of halogens is 1. The molecule has 9 heteroatoms. The monoisotopic (exact) mass is 373 g/mol. The fourth-order valence-corrected chi connectivity index (χ4v) is 3.16. The molecule has 1 aliphatic rings. The van der Waals surface area contributed by atoms with Crippen molar-refractivity contribution in [2.75, 3.05) is 31.1 Å². The van der Waals surface area contributed by atoms with E-state index in [-0.39, 0.29) is 16.6 Å². The van der Waals surface area contributed by atoms with Crippen LogP contribution in [0.25, 0.3) is 11.2 Å². The molecule has 1 amide bonds. The van der Waals surface area contributed by atoms with Crippen molar-refractivity contribution >= 4 is 34.8 Å². The summed E-state index contributed by atoms with van der Waals surface area (Å²) >= 11 is 5.98. The summed E-state index contributed by atoms with van der Waals surface area (Å²) in [7, 11) is 0. The Hall–Kier alpha value is -2.87. The number of anilines is 1. The first-order chi connectivity index (χ1) is 12.5. The van der Waals surface area contributed by atoms with E-state index in [1.807, 2.05) is 24.0 Å². The van der Waals surface area contributed by atoms with Crippen LogP contribution in [-0.4, -0.2) is 51.9 Å². The maximum absolute atomic E-state index is 12.6. The molecule has 3 aromatic rings. The smallest absolute Gasteiger partial charge is 0.300 e. The van der Waals surface area contributed by atoms with E-state index in [0.29, 0.717) is 49.0 Å². The third kappa shape index (κ3) is 3.03. The van der Waals surface area contributed by atoms with Crippen molar-refractivity contribution in [3.05, 3.63) is 51.0 Å². The molecule has 0 aromatic carbocycles. The van der Waals surface area contributed by atoms with Crippen molar-refractivity contribution in [3.8, 4) is 0 Å². The molecule has 134 valence electrons. The fraction of sp³-hybridized carbons (Fsp3) is 0.294. The Morgan fingerprint density at radius 1 is 1.15 bits per heavy atom. The van der Waals surface area contributed by atoms with E-state index in [9.17, 15) is 9.59 Å². The first-order valence-electron chi connectivity index (χ1n) is 8.18. The molecule has 1 saturated heterocycles. The summed E-state index contributed by atoms with van der Waals surface area (Å²) in [6.07, 6.45) is 0. The van der Waals surface area contributed by atoms with Crippen LogP contribution in [0.3, 0.4) is 0 Å². The number of hydrogen-bond acceptors (Lipinski definition) is 6. The highest BCUT2D eigenvalue weighted by Crippen LogP contribution is 2.22. The van der Waals surface area contributed by atoms with E-state index in [1.165, 1.54) is 12.1 Å². The van der Waals surface area contributed by atoms with Gasteiger partial charge in [-0.25, -0.2) is 4.98 Å². The highest BCUT2D eigenvalue weighted by atomic mass is 35.5. The van der Waals surface area contributed by atoms with Crippen LogP contribution in [0.5, 0.6) is 0 Å². The Labute approximate surface area is 153 Å². The molecule has 1 fully saturated rings. The molecule has 4 rings (SSSR count). The Balaban J connectivity index is 1.47. The number of nitrogens with one attached hydrogen (secondary N) is 1. The van der Waals surface area contributed by atoms with E-state index in [2.05, 4.69) is 15.0 Å². The van der Waals surface area contributed by atoms with Gasteiger partial charge in [-0.2, -0.15) is 4.98 Å². The zero-order chi connectivity index (χ0) is 18.3. The minimum atomic E-state index is -0.337. The maximum atomic E-state index is 12.6. The van der Waals surface area contributed by atoms with Gasteiger partial charge in [-0.1, -0.05) is 11.6 Å². The number of carbonyl (C=O) groups excluding carboxylic acids is 1. The number of piperazine rings is 1. The number of fused-ring (bicyclic) bond motifs is 1. The Bertz CT molecular complexity index is 1040. The van der Waals surface area contributed by atoms with Gasteiger partial charge in [0.1, 0.15) is 5.15 Å². The van der Waals surface area contributed by atoms with Gasteiger partial charge in [-0.15, -0.1) is 0 Å². The van der Waals surface area contributed by atoms with Gasteiger partial charge < -0.3 is 19.2 Å². The van der Waals surface area contributed by atoms with Crippen molar-refractivity contribution in [2.45, 2.75) is 6.92 Å². The zero-order valence-corrected chi connectivity index (χ0v) is 14.8. The van der Waals surface area contributed by atoms with Crippen molar-refractivity contribution in [1.82, 2.24) is 19.9 Å². The molecule has 0 atom stereocenters. The third-order valence-corrected chi connectivity index (χ3v) is 4.62. The number of amides is 1. The van der Waals surface area contributed by atoms with Crippen molar-refractivity contribution < 1.29 is 9.21 Å². The molecule has 0 spiro atoms. The lowest BCUT2D eigenvalue weighted by molar-refractivity contribution is 0.0745. The largest absolute Gasteiger partial charge is 0.422 e. The van der Waals surface area contributed by atoms with Gasteiger partial charge >= 0.3 is 0 Å². The topological polar surface area (TPSA) is 95.3 Å². The molecular formula is C17H16ClN5O3. The maximum Gasteiger partial charge on any atom is 0.300 e. The molecule has 8 nitrogen and oxygen atoms in total. The normalized spacial score (nSPS) is 14.8.